The maximum absolute atomic E-state index is 5.20. The van der Waals surface area contributed by atoms with Crippen LogP contribution in [-0.4, -0.2) is 18.6 Å². The van der Waals surface area contributed by atoms with Gasteiger partial charge in [0.1, 0.15) is 0 Å². The molecule has 0 spiro atoms. The molecule has 0 aliphatic carbocycles. The van der Waals surface area contributed by atoms with E-state index in [4.69, 9.17) is 4.74 Å². The molecule has 0 unspecified atom stereocenters. The Morgan fingerprint density at radius 3 is 2.76 bits per heavy atom. The standard InChI is InChI=1S/C13H24N2OS/c1-5-6-13-15-11(9-16-4)12(17-13)8-14-7-10(2)3/h10,14H,5-9H2,1-4H3. The highest BCUT2D eigenvalue weighted by Gasteiger charge is 2.10. The van der Waals surface area contributed by atoms with Gasteiger partial charge in [-0.05, 0) is 25.3 Å². The lowest BCUT2D eigenvalue weighted by Gasteiger charge is -2.06. The first kappa shape index (κ1) is 14.6. The maximum Gasteiger partial charge on any atom is 0.0932 e. The normalized spacial score (nSPS) is 11.4. The number of nitrogens with one attached hydrogen (secondary N) is 1. The molecule has 0 saturated heterocycles. The van der Waals surface area contributed by atoms with Gasteiger partial charge in [-0.3, -0.25) is 0 Å². The van der Waals surface area contributed by atoms with Crippen LogP contribution >= 0.6 is 11.3 Å². The summed E-state index contributed by atoms with van der Waals surface area (Å²) in [5, 5.41) is 4.71. The Labute approximate surface area is 109 Å². The summed E-state index contributed by atoms with van der Waals surface area (Å²) >= 11 is 1.82. The molecule has 17 heavy (non-hydrogen) atoms. The van der Waals surface area contributed by atoms with E-state index in [0.717, 1.165) is 31.6 Å². The quantitative estimate of drug-likeness (QED) is 0.776. The van der Waals surface area contributed by atoms with E-state index in [1.165, 1.54) is 9.88 Å². The highest BCUT2D eigenvalue weighted by atomic mass is 32.1. The van der Waals surface area contributed by atoms with Crippen molar-refractivity contribution in [2.24, 2.45) is 5.92 Å². The average molecular weight is 256 g/mol. The van der Waals surface area contributed by atoms with Crippen molar-refractivity contribution in [2.75, 3.05) is 13.7 Å². The van der Waals surface area contributed by atoms with Gasteiger partial charge in [0.25, 0.3) is 0 Å². The van der Waals surface area contributed by atoms with Crippen LogP contribution < -0.4 is 5.32 Å². The van der Waals surface area contributed by atoms with Crippen LogP contribution in [0.5, 0.6) is 0 Å². The molecule has 0 saturated carbocycles. The van der Waals surface area contributed by atoms with E-state index in [-0.39, 0.29) is 0 Å². The smallest absolute Gasteiger partial charge is 0.0932 e. The first-order chi connectivity index (χ1) is 8.17. The molecule has 0 aliphatic heterocycles. The lowest BCUT2D eigenvalue weighted by atomic mass is 10.2. The summed E-state index contributed by atoms with van der Waals surface area (Å²) in [5.74, 6) is 0.684. The Morgan fingerprint density at radius 2 is 2.18 bits per heavy atom. The average Bonchev–Trinajstić information content (AvgIpc) is 2.62. The number of aromatic nitrogens is 1. The summed E-state index contributed by atoms with van der Waals surface area (Å²) in [4.78, 5) is 5.97. The lowest BCUT2D eigenvalue weighted by Crippen LogP contribution is -2.19. The second-order valence-electron chi connectivity index (χ2n) is 4.69. The number of thiazole rings is 1. The number of ether oxygens (including phenoxy) is 1. The van der Waals surface area contributed by atoms with E-state index in [1.54, 1.807) is 7.11 Å². The minimum atomic E-state index is 0.624. The van der Waals surface area contributed by atoms with Crippen molar-refractivity contribution in [2.45, 2.75) is 46.8 Å². The second kappa shape index (κ2) is 7.80. The first-order valence-corrected chi connectivity index (χ1v) is 7.16. The maximum atomic E-state index is 5.20. The molecule has 0 atom stereocenters. The van der Waals surface area contributed by atoms with Crippen LogP contribution in [-0.2, 0) is 24.3 Å². The molecule has 1 aromatic rings. The number of methoxy groups -OCH3 is 1. The summed E-state index contributed by atoms with van der Waals surface area (Å²) in [7, 11) is 1.73. The zero-order chi connectivity index (χ0) is 12.7. The largest absolute Gasteiger partial charge is 0.378 e. The minimum Gasteiger partial charge on any atom is -0.378 e. The second-order valence-corrected chi connectivity index (χ2v) is 5.85. The monoisotopic (exact) mass is 256 g/mol. The molecule has 1 aromatic heterocycles. The van der Waals surface area contributed by atoms with E-state index in [1.807, 2.05) is 11.3 Å². The van der Waals surface area contributed by atoms with Gasteiger partial charge in [0.15, 0.2) is 0 Å². The van der Waals surface area contributed by atoms with Crippen molar-refractivity contribution in [1.82, 2.24) is 10.3 Å². The minimum absolute atomic E-state index is 0.624. The topological polar surface area (TPSA) is 34.1 Å². The van der Waals surface area contributed by atoms with Crippen molar-refractivity contribution in [1.29, 1.82) is 0 Å². The van der Waals surface area contributed by atoms with Crippen LogP contribution in [0, 0.1) is 5.92 Å². The zero-order valence-corrected chi connectivity index (χ0v) is 12.2. The molecular formula is C13H24N2OS. The van der Waals surface area contributed by atoms with E-state index in [2.05, 4.69) is 31.1 Å². The molecule has 0 fully saturated rings. The Kier molecular flexibility index (Phi) is 6.70. The van der Waals surface area contributed by atoms with Crippen molar-refractivity contribution in [3.05, 3.63) is 15.6 Å². The third kappa shape index (κ3) is 5.15. The molecule has 0 radical (unpaired) electrons. The van der Waals surface area contributed by atoms with E-state index < -0.39 is 0 Å². The zero-order valence-electron chi connectivity index (χ0n) is 11.4. The van der Waals surface area contributed by atoms with Crippen LogP contribution in [0.25, 0.3) is 0 Å². The summed E-state index contributed by atoms with van der Waals surface area (Å²) in [5.41, 5.74) is 1.11. The van der Waals surface area contributed by atoms with E-state index in [9.17, 15) is 0 Å². The lowest BCUT2D eigenvalue weighted by molar-refractivity contribution is 0.181. The van der Waals surface area contributed by atoms with Gasteiger partial charge in [0.05, 0.1) is 17.3 Å². The van der Waals surface area contributed by atoms with Crippen molar-refractivity contribution >= 4 is 11.3 Å². The van der Waals surface area contributed by atoms with Gasteiger partial charge in [0.2, 0.25) is 0 Å². The Morgan fingerprint density at radius 1 is 1.41 bits per heavy atom. The molecule has 0 aromatic carbocycles. The molecule has 1 N–H and O–H groups in total. The molecule has 3 nitrogen and oxygen atoms in total. The number of hydrogen-bond acceptors (Lipinski definition) is 4. The molecule has 0 aliphatic rings. The van der Waals surface area contributed by atoms with E-state index >= 15 is 0 Å². The summed E-state index contributed by atoms with van der Waals surface area (Å²) < 4.78 is 5.20. The molecular weight excluding hydrogens is 232 g/mol. The molecule has 1 rings (SSSR count). The highest BCUT2D eigenvalue weighted by Crippen LogP contribution is 2.20. The number of hydrogen-bond donors (Lipinski definition) is 1. The molecule has 98 valence electrons. The Bertz CT molecular complexity index is 323. The molecule has 0 amide bonds. The third-order valence-corrected chi connectivity index (χ3v) is 3.56. The third-order valence-electron chi connectivity index (χ3n) is 2.41. The highest BCUT2D eigenvalue weighted by molar-refractivity contribution is 7.11. The summed E-state index contributed by atoms with van der Waals surface area (Å²) in [6.07, 6.45) is 2.23. The number of nitrogens with zero attached hydrogens (tertiary/aromatic N) is 1. The van der Waals surface area contributed by atoms with Gasteiger partial charge < -0.3 is 10.1 Å². The van der Waals surface area contributed by atoms with Gasteiger partial charge in [-0.1, -0.05) is 20.8 Å². The van der Waals surface area contributed by atoms with Crippen molar-refractivity contribution in [3.63, 3.8) is 0 Å². The Hall–Kier alpha value is -0.450. The molecule has 1 heterocycles. The number of rotatable bonds is 8. The molecule has 0 bridgehead atoms. The van der Waals surface area contributed by atoms with Gasteiger partial charge in [-0.25, -0.2) is 4.98 Å². The first-order valence-electron chi connectivity index (χ1n) is 6.34. The van der Waals surface area contributed by atoms with Crippen LogP contribution in [0.3, 0.4) is 0 Å². The number of aryl methyl sites for hydroxylation is 1. The fraction of sp³-hybridized carbons (Fsp3) is 0.769. The fourth-order valence-electron chi connectivity index (χ4n) is 1.62. The van der Waals surface area contributed by atoms with Crippen molar-refractivity contribution in [3.8, 4) is 0 Å². The predicted molar refractivity (Wildman–Crippen MR) is 73.4 cm³/mol. The summed E-state index contributed by atoms with van der Waals surface area (Å²) in [6, 6.07) is 0. The van der Waals surface area contributed by atoms with E-state index in [0.29, 0.717) is 12.5 Å². The fourth-order valence-corrected chi connectivity index (χ4v) is 2.76. The van der Waals surface area contributed by atoms with Crippen molar-refractivity contribution < 1.29 is 4.74 Å². The SMILES string of the molecule is CCCc1nc(COC)c(CNCC(C)C)s1. The van der Waals surface area contributed by atoms with Crippen LogP contribution in [0.4, 0.5) is 0 Å². The van der Waals surface area contributed by atoms with Crippen LogP contribution in [0.15, 0.2) is 0 Å². The van der Waals surface area contributed by atoms with Gasteiger partial charge >= 0.3 is 0 Å². The van der Waals surface area contributed by atoms with Crippen LogP contribution in [0.1, 0.15) is 42.8 Å². The molecule has 4 heteroatoms. The predicted octanol–water partition coefficient (Wildman–Crippen LogP) is 2.99. The van der Waals surface area contributed by atoms with Gasteiger partial charge in [0, 0.05) is 18.5 Å². The summed E-state index contributed by atoms with van der Waals surface area (Å²) in [6.45, 7) is 9.22. The Balaban J connectivity index is 2.60. The van der Waals surface area contributed by atoms with Gasteiger partial charge in [-0.2, -0.15) is 0 Å². The van der Waals surface area contributed by atoms with Crippen LogP contribution in [0.2, 0.25) is 0 Å². The van der Waals surface area contributed by atoms with Gasteiger partial charge in [-0.15, -0.1) is 11.3 Å².